The Kier molecular flexibility index (Phi) is 14.2. The molecule has 204 valence electrons. The number of nitrogens with zero attached hydrogens (tertiary/aromatic N) is 1. The first kappa shape index (κ1) is 32.9. The Bertz CT molecular complexity index is 715. The van der Waals surface area contributed by atoms with Gasteiger partial charge in [-0.25, -0.2) is 9.59 Å². The van der Waals surface area contributed by atoms with E-state index in [9.17, 15) is 34.5 Å². The minimum absolute atomic E-state index is 0.395. The van der Waals surface area contributed by atoms with Crippen LogP contribution in [0.1, 0.15) is 66.7 Å². The number of carboxylic acids is 1. The van der Waals surface area contributed by atoms with Crippen molar-refractivity contribution >= 4 is 23.6 Å². The molecule has 0 radical (unpaired) electrons. The number of aliphatic hydroxyl groups excluding tert-OH is 2. The predicted molar refractivity (Wildman–Crippen MR) is 131 cm³/mol. The van der Waals surface area contributed by atoms with Crippen LogP contribution in [-0.2, 0) is 23.9 Å². The summed E-state index contributed by atoms with van der Waals surface area (Å²) in [5.41, 5.74) is -2.30. The van der Waals surface area contributed by atoms with E-state index in [0.29, 0.717) is 19.3 Å². The first-order valence-electron chi connectivity index (χ1n) is 12.1. The maximum absolute atomic E-state index is 13.5. The van der Waals surface area contributed by atoms with Crippen LogP contribution in [0.4, 0.5) is 0 Å². The number of carboxylic acid groups (broad SMARTS) is 1. The van der Waals surface area contributed by atoms with Gasteiger partial charge in [-0.05, 0) is 60.5 Å². The van der Waals surface area contributed by atoms with Crippen molar-refractivity contribution in [2.75, 3.05) is 21.1 Å². The fraction of sp³-hybridized carbons (Fsp3) is 0.833. The molecule has 0 heterocycles. The fourth-order valence-corrected chi connectivity index (χ4v) is 3.91. The smallest absolute Gasteiger partial charge is 0.348 e. The summed E-state index contributed by atoms with van der Waals surface area (Å²) in [5.74, 6) is -3.86. The maximum Gasteiger partial charge on any atom is 0.348 e. The lowest BCUT2D eigenvalue weighted by Crippen LogP contribution is -2.56. The van der Waals surface area contributed by atoms with Crippen molar-refractivity contribution in [3.05, 3.63) is 0 Å². The van der Waals surface area contributed by atoms with Crippen molar-refractivity contribution in [2.45, 2.75) is 103 Å². The summed E-state index contributed by atoms with van der Waals surface area (Å²) < 4.78 is 5.56. The van der Waals surface area contributed by atoms with Gasteiger partial charge < -0.3 is 35.6 Å². The third-order valence-electron chi connectivity index (χ3n) is 6.32. The van der Waals surface area contributed by atoms with E-state index in [-0.39, 0.29) is 0 Å². The van der Waals surface area contributed by atoms with Gasteiger partial charge in [-0.15, -0.1) is 0 Å². The van der Waals surface area contributed by atoms with E-state index in [1.807, 2.05) is 0 Å². The van der Waals surface area contributed by atoms with Gasteiger partial charge in [0, 0.05) is 13.5 Å². The number of carbonyl (C=O) groups is 4. The Morgan fingerprint density at radius 2 is 1.46 bits per heavy atom. The number of hydrogen-bond donors (Lipinski definition) is 5. The zero-order valence-electron chi connectivity index (χ0n) is 22.3. The maximum atomic E-state index is 13.5. The quantitative estimate of drug-likeness (QED) is 0.174. The Morgan fingerprint density at radius 3 is 1.89 bits per heavy atom. The van der Waals surface area contributed by atoms with E-state index in [1.54, 1.807) is 41.8 Å². The zero-order valence-corrected chi connectivity index (χ0v) is 22.3. The SMILES string of the molecule is CN[C@@H](C)C(=O)CC(CC(C)O)(OC(=O)[C@@H]([C@H](C)CCCC(C)O)N(C)C(=O)[C@H](C)NC)C(=O)O. The number of carbonyl (C=O) groups excluding carboxylic acids is 3. The lowest BCUT2D eigenvalue weighted by atomic mass is 9.88. The molecule has 0 fully saturated rings. The molecule has 7 atom stereocenters. The number of ether oxygens (including phenoxy) is 1. The number of aliphatic carboxylic acids is 1. The molecule has 0 aliphatic rings. The van der Waals surface area contributed by atoms with Crippen LogP contribution in [0, 0.1) is 5.92 Å². The monoisotopic (exact) mass is 503 g/mol. The molecule has 0 aromatic heterocycles. The minimum atomic E-state index is -2.30. The molecular weight excluding hydrogens is 458 g/mol. The molecule has 0 bridgehead atoms. The average Bonchev–Trinajstić information content (AvgIpc) is 2.76. The van der Waals surface area contributed by atoms with Gasteiger partial charge in [-0.1, -0.05) is 13.3 Å². The molecular formula is C24H45N3O8. The second-order valence-electron chi connectivity index (χ2n) is 9.59. The van der Waals surface area contributed by atoms with E-state index < -0.39 is 78.3 Å². The fourth-order valence-electron chi connectivity index (χ4n) is 3.91. The van der Waals surface area contributed by atoms with E-state index >= 15 is 0 Å². The number of nitrogens with one attached hydrogen (secondary N) is 2. The molecule has 0 rings (SSSR count). The normalized spacial score (nSPS) is 18.3. The highest BCUT2D eigenvalue weighted by atomic mass is 16.6. The van der Waals surface area contributed by atoms with Crippen molar-refractivity contribution in [1.29, 1.82) is 0 Å². The number of amides is 1. The molecule has 0 spiro atoms. The van der Waals surface area contributed by atoms with Crippen molar-refractivity contribution in [2.24, 2.45) is 5.92 Å². The first-order valence-corrected chi connectivity index (χ1v) is 12.1. The topological polar surface area (TPSA) is 165 Å². The molecule has 0 aromatic carbocycles. The highest BCUT2D eigenvalue weighted by molar-refractivity contribution is 5.93. The van der Waals surface area contributed by atoms with Crippen LogP contribution < -0.4 is 10.6 Å². The summed E-state index contributed by atoms with van der Waals surface area (Å²) in [6.45, 7) is 7.93. The second-order valence-corrected chi connectivity index (χ2v) is 9.59. The molecule has 0 saturated carbocycles. The van der Waals surface area contributed by atoms with Gasteiger partial charge in [0.2, 0.25) is 11.5 Å². The van der Waals surface area contributed by atoms with Crippen LogP contribution in [0.3, 0.4) is 0 Å². The third-order valence-corrected chi connectivity index (χ3v) is 6.32. The highest BCUT2D eigenvalue weighted by Gasteiger charge is 2.48. The van der Waals surface area contributed by atoms with Gasteiger partial charge in [-0.2, -0.15) is 0 Å². The Balaban J connectivity index is 6.24. The number of esters is 1. The van der Waals surface area contributed by atoms with E-state index in [1.165, 1.54) is 18.9 Å². The number of hydrogen-bond acceptors (Lipinski definition) is 9. The average molecular weight is 504 g/mol. The van der Waals surface area contributed by atoms with Crippen LogP contribution in [0.15, 0.2) is 0 Å². The Labute approximate surface area is 208 Å². The van der Waals surface area contributed by atoms with Crippen molar-refractivity contribution < 1.29 is 39.2 Å². The van der Waals surface area contributed by atoms with Gasteiger partial charge in [0.1, 0.15) is 6.04 Å². The first-order chi connectivity index (χ1) is 16.1. The van der Waals surface area contributed by atoms with E-state index in [4.69, 9.17) is 4.74 Å². The summed E-state index contributed by atoms with van der Waals surface area (Å²) in [6.07, 6.45) is -1.32. The number of aliphatic hydroxyl groups is 2. The molecule has 3 unspecified atom stereocenters. The molecule has 5 N–H and O–H groups in total. The van der Waals surface area contributed by atoms with Gasteiger partial charge in [-0.3, -0.25) is 9.59 Å². The minimum Gasteiger partial charge on any atom is -0.478 e. The largest absolute Gasteiger partial charge is 0.478 e. The lowest BCUT2D eigenvalue weighted by Gasteiger charge is -2.37. The molecule has 11 heteroatoms. The third kappa shape index (κ3) is 10.2. The van der Waals surface area contributed by atoms with Crippen LogP contribution in [0.2, 0.25) is 0 Å². The summed E-state index contributed by atoms with van der Waals surface area (Å²) in [5, 5.41) is 35.2. The summed E-state index contributed by atoms with van der Waals surface area (Å²) in [7, 11) is 4.58. The lowest BCUT2D eigenvalue weighted by molar-refractivity contribution is -0.189. The summed E-state index contributed by atoms with van der Waals surface area (Å²) >= 11 is 0. The molecule has 1 amide bonds. The predicted octanol–water partition coefficient (Wildman–Crippen LogP) is 0.313. The number of ketones is 1. The van der Waals surface area contributed by atoms with Crippen LogP contribution in [0.25, 0.3) is 0 Å². The summed E-state index contributed by atoms with van der Waals surface area (Å²) in [4.78, 5) is 52.6. The van der Waals surface area contributed by atoms with Gasteiger partial charge >= 0.3 is 11.9 Å². The molecule has 0 saturated heterocycles. The number of rotatable bonds is 17. The standard InChI is InChI=1S/C24H45N3O8/c1-14(10-9-11-15(2)28)20(27(8)21(31)18(5)26-7)22(32)35-24(23(33)34,12-16(3)29)13-19(30)17(4)25-6/h14-18,20,25-26,28-29H,9-13H2,1-8H3,(H,33,34)/t14-,15?,16?,17+,18+,20-,24?/m1/s1. The van der Waals surface area contributed by atoms with E-state index in [0.717, 1.165) is 0 Å². The van der Waals surface area contributed by atoms with Crippen molar-refractivity contribution in [3.8, 4) is 0 Å². The molecule has 0 aromatic rings. The van der Waals surface area contributed by atoms with Crippen LogP contribution in [-0.4, -0.2) is 101 Å². The van der Waals surface area contributed by atoms with Gasteiger partial charge in [0.05, 0.1) is 30.7 Å². The highest BCUT2D eigenvalue weighted by Crippen LogP contribution is 2.28. The van der Waals surface area contributed by atoms with Gasteiger partial charge in [0.15, 0.2) is 5.78 Å². The second kappa shape index (κ2) is 15.1. The van der Waals surface area contributed by atoms with Crippen molar-refractivity contribution in [3.63, 3.8) is 0 Å². The molecule has 35 heavy (non-hydrogen) atoms. The Hall–Kier alpha value is -2.08. The van der Waals surface area contributed by atoms with Crippen LogP contribution >= 0.6 is 0 Å². The molecule has 0 aliphatic carbocycles. The zero-order chi connectivity index (χ0) is 27.5. The van der Waals surface area contributed by atoms with E-state index in [2.05, 4.69) is 10.6 Å². The Morgan fingerprint density at radius 1 is 0.914 bits per heavy atom. The molecule has 0 aliphatic heterocycles. The van der Waals surface area contributed by atoms with Gasteiger partial charge in [0.25, 0.3) is 0 Å². The molecule has 11 nitrogen and oxygen atoms in total. The number of likely N-dealkylation sites (N-methyl/N-ethyl adjacent to an activating group) is 3. The van der Waals surface area contributed by atoms with Crippen LogP contribution in [0.5, 0.6) is 0 Å². The summed E-state index contributed by atoms with van der Waals surface area (Å²) in [6, 6.07) is -2.45. The van der Waals surface area contributed by atoms with Crippen molar-refractivity contribution in [1.82, 2.24) is 15.5 Å². The number of Topliss-reactive ketones (excluding diaryl/α,β-unsaturated/α-hetero) is 1.